The van der Waals surface area contributed by atoms with E-state index < -0.39 is 28.2 Å². The fraction of sp³-hybridized carbons (Fsp3) is 0.100. The van der Waals surface area contributed by atoms with E-state index in [2.05, 4.69) is 10.4 Å². The van der Waals surface area contributed by atoms with Gasteiger partial charge in [-0.3, -0.25) is 19.7 Å². The molecule has 0 radical (unpaired) electrons. The van der Waals surface area contributed by atoms with Crippen LogP contribution in [0.1, 0.15) is 27.8 Å². The van der Waals surface area contributed by atoms with E-state index in [4.69, 9.17) is 16.3 Å². The van der Waals surface area contributed by atoms with Crippen LogP contribution in [0.25, 0.3) is 5.69 Å². The smallest absolute Gasteiger partial charge is 0.360 e. The van der Waals surface area contributed by atoms with Gasteiger partial charge in [0.25, 0.3) is 17.2 Å². The van der Waals surface area contributed by atoms with Crippen LogP contribution in [0.4, 0.5) is 15.8 Å². The number of amides is 1. The maximum atomic E-state index is 13.2. The Morgan fingerprint density at radius 3 is 2.50 bits per heavy atom. The molecule has 0 aliphatic carbocycles. The van der Waals surface area contributed by atoms with Crippen LogP contribution >= 0.6 is 11.6 Å². The van der Waals surface area contributed by atoms with Gasteiger partial charge in [-0.1, -0.05) is 11.6 Å². The molecular formula is C20H14ClFN4O6. The van der Waals surface area contributed by atoms with Crippen LogP contribution in [-0.4, -0.2) is 33.2 Å². The Hall–Kier alpha value is -4.12. The van der Waals surface area contributed by atoms with E-state index in [0.717, 1.165) is 41.1 Å². The lowest BCUT2D eigenvalue weighted by molar-refractivity contribution is -0.384. The van der Waals surface area contributed by atoms with E-state index in [1.165, 1.54) is 12.1 Å². The van der Waals surface area contributed by atoms with Gasteiger partial charge >= 0.3 is 5.97 Å². The van der Waals surface area contributed by atoms with Gasteiger partial charge in [-0.15, -0.1) is 0 Å². The Labute approximate surface area is 184 Å². The Morgan fingerprint density at radius 1 is 1.22 bits per heavy atom. The third kappa shape index (κ3) is 4.78. The molecule has 12 heteroatoms. The number of nitro benzene ring substituents is 1. The van der Waals surface area contributed by atoms with Crippen molar-refractivity contribution in [1.82, 2.24) is 9.78 Å². The SMILES string of the molecule is CCOC(=O)c1nn(-c2ccc(F)cc2)c(=O)cc1NC(=O)c1ccc([N+](=O)[O-])cc1Cl. The average Bonchev–Trinajstić information content (AvgIpc) is 2.74. The minimum absolute atomic E-state index is 0.00223. The maximum absolute atomic E-state index is 13.2. The van der Waals surface area contributed by atoms with Crippen LogP contribution in [0.5, 0.6) is 0 Å². The molecule has 0 atom stereocenters. The highest BCUT2D eigenvalue weighted by molar-refractivity contribution is 6.34. The van der Waals surface area contributed by atoms with Crippen LogP contribution in [0.3, 0.4) is 0 Å². The molecule has 1 heterocycles. The summed E-state index contributed by atoms with van der Waals surface area (Å²) in [6.07, 6.45) is 0. The number of hydrogen-bond donors (Lipinski definition) is 1. The predicted octanol–water partition coefficient (Wildman–Crippen LogP) is 3.36. The largest absolute Gasteiger partial charge is 0.461 e. The summed E-state index contributed by atoms with van der Waals surface area (Å²) < 4.78 is 19.0. The summed E-state index contributed by atoms with van der Waals surface area (Å²) in [7, 11) is 0. The zero-order valence-corrected chi connectivity index (χ0v) is 17.1. The molecule has 1 amide bonds. The minimum atomic E-state index is -0.923. The summed E-state index contributed by atoms with van der Waals surface area (Å²) in [6, 6.07) is 8.94. The van der Waals surface area contributed by atoms with Gasteiger partial charge < -0.3 is 10.1 Å². The number of carbonyl (C=O) groups excluding carboxylic acids is 2. The highest BCUT2D eigenvalue weighted by Gasteiger charge is 2.22. The average molecular weight is 461 g/mol. The second-order valence-electron chi connectivity index (χ2n) is 6.23. The van der Waals surface area contributed by atoms with Crippen molar-refractivity contribution in [2.45, 2.75) is 6.92 Å². The molecule has 32 heavy (non-hydrogen) atoms. The highest BCUT2D eigenvalue weighted by Crippen LogP contribution is 2.24. The molecule has 0 aliphatic rings. The number of hydrogen-bond acceptors (Lipinski definition) is 7. The molecule has 0 saturated carbocycles. The number of aromatic nitrogens is 2. The standard InChI is InChI=1S/C20H14ClFN4O6/c1-2-32-20(29)18-16(10-17(27)25(24-18)12-5-3-11(22)4-6-12)23-19(28)14-8-7-13(26(30)31)9-15(14)21/h3-10H,2H2,1H3,(H,23,28). The summed E-state index contributed by atoms with van der Waals surface area (Å²) >= 11 is 5.97. The van der Waals surface area contributed by atoms with Gasteiger partial charge in [-0.05, 0) is 37.3 Å². The second kappa shape index (κ2) is 9.35. The number of benzene rings is 2. The van der Waals surface area contributed by atoms with Crippen molar-refractivity contribution in [2.75, 3.05) is 11.9 Å². The minimum Gasteiger partial charge on any atom is -0.461 e. The zero-order chi connectivity index (χ0) is 23.4. The molecule has 0 bridgehead atoms. The van der Waals surface area contributed by atoms with Crippen molar-refractivity contribution in [3.8, 4) is 5.69 Å². The number of halogens is 2. The first-order valence-electron chi connectivity index (χ1n) is 9.04. The molecule has 0 aliphatic heterocycles. The number of non-ortho nitro benzene ring substituents is 1. The third-order valence-corrected chi connectivity index (χ3v) is 4.44. The van der Waals surface area contributed by atoms with Gasteiger partial charge in [0.15, 0.2) is 5.69 Å². The van der Waals surface area contributed by atoms with Crippen molar-refractivity contribution in [1.29, 1.82) is 0 Å². The summed E-state index contributed by atoms with van der Waals surface area (Å²) in [5.74, 6) is -2.29. The topological polar surface area (TPSA) is 133 Å². The number of nitro groups is 1. The number of carbonyl (C=O) groups is 2. The van der Waals surface area contributed by atoms with Gasteiger partial charge in [0, 0.05) is 18.2 Å². The quantitative estimate of drug-likeness (QED) is 0.338. The van der Waals surface area contributed by atoms with Crippen LogP contribution in [0, 0.1) is 15.9 Å². The van der Waals surface area contributed by atoms with E-state index >= 15 is 0 Å². The number of ether oxygens (including phenoxy) is 1. The Balaban J connectivity index is 2.03. The van der Waals surface area contributed by atoms with E-state index in [9.17, 15) is 28.9 Å². The van der Waals surface area contributed by atoms with Crippen molar-refractivity contribution in [3.05, 3.63) is 91.1 Å². The molecule has 164 valence electrons. The number of esters is 1. The third-order valence-electron chi connectivity index (χ3n) is 4.13. The highest BCUT2D eigenvalue weighted by atomic mass is 35.5. The molecule has 1 N–H and O–H groups in total. The van der Waals surface area contributed by atoms with Crippen molar-refractivity contribution in [2.24, 2.45) is 0 Å². The summed E-state index contributed by atoms with van der Waals surface area (Å²) in [4.78, 5) is 47.8. The molecule has 0 fully saturated rings. The lowest BCUT2D eigenvalue weighted by Crippen LogP contribution is -2.27. The fourth-order valence-electron chi connectivity index (χ4n) is 2.66. The lowest BCUT2D eigenvalue weighted by atomic mass is 10.2. The van der Waals surface area contributed by atoms with Gasteiger partial charge in [0.2, 0.25) is 0 Å². The first-order valence-corrected chi connectivity index (χ1v) is 9.41. The summed E-state index contributed by atoms with van der Waals surface area (Å²) in [5, 5.41) is 17.0. The zero-order valence-electron chi connectivity index (χ0n) is 16.4. The van der Waals surface area contributed by atoms with Crippen LogP contribution in [-0.2, 0) is 4.74 Å². The van der Waals surface area contributed by atoms with Gasteiger partial charge in [0.1, 0.15) is 5.82 Å². The van der Waals surface area contributed by atoms with Crippen molar-refractivity contribution < 1.29 is 23.6 Å². The van der Waals surface area contributed by atoms with Gasteiger partial charge in [-0.25, -0.2) is 9.18 Å². The number of nitrogens with zero attached hydrogens (tertiary/aromatic N) is 3. The van der Waals surface area contributed by atoms with E-state index in [1.54, 1.807) is 6.92 Å². The molecule has 0 saturated heterocycles. The van der Waals surface area contributed by atoms with Crippen LogP contribution in [0.2, 0.25) is 5.02 Å². The van der Waals surface area contributed by atoms with Gasteiger partial charge in [-0.2, -0.15) is 9.78 Å². The van der Waals surface area contributed by atoms with Crippen molar-refractivity contribution in [3.63, 3.8) is 0 Å². The molecule has 3 aromatic rings. The van der Waals surface area contributed by atoms with Crippen LogP contribution < -0.4 is 10.9 Å². The normalized spacial score (nSPS) is 10.5. The molecule has 2 aromatic carbocycles. The summed E-state index contributed by atoms with van der Waals surface area (Å²) in [6.45, 7) is 1.56. The molecule has 10 nitrogen and oxygen atoms in total. The van der Waals surface area contributed by atoms with E-state index in [0.29, 0.717) is 0 Å². The monoisotopic (exact) mass is 460 g/mol. The second-order valence-corrected chi connectivity index (χ2v) is 6.64. The molecule has 0 unspecified atom stereocenters. The fourth-order valence-corrected chi connectivity index (χ4v) is 2.92. The molecule has 1 aromatic heterocycles. The predicted molar refractivity (Wildman–Crippen MR) is 112 cm³/mol. The molecule has 0 spiro atoms. The first-order chi connectivity index (χ1) is 15.2. The number of anilines is 1. The lowest BCUT2D eigenvalue weighted by Gasteiger charge is -2.13. The maximum Gasteiger partial charge on any atom is 0.360 e. The Kier molecular flexibility index (Phi) is 6.59. The van der Waals surface area contributed by atoms with E-state index in [1.807, 2.05) is 0 Å². The van der Waals surface area contributed by atoms with Crippen LogP contribution in [0.15, 0.2) is 53.3 Å². The molecular weight excluding hydrogens is 447 g/mol. The summed E-state index contributed by atoms with van der Waals surface area (Å²) in [5.41, 5.74) is -1.64. The number of rotatable bonds is 6. The van der Waals surface area contributed by atoms with Gasteiger partial charge in [0.05, 0.1) is 33.5 Å². The van der Waals surface area contributed by atoms with Crippen molar-refractivity contribution >= 4 is 34.9 Å². The Bertz CT molecular complexity index is 1280. The molecule has 3 rings (SSSR count). The Morgan fingerprint density at radius 2 is 1.91 bits per heavy atom. The van der Waals surface area contributed by atoms with E-state index in [-0.39, 0.29) is 39.9 Å². The first kappa shape index (κ1) is 22.6. The number of nitrogens with one attached hydrogen (secondary N) is 1.